The van der Waals surface area contributed by atoms with Crippen LogP contribution in [0.5, 0.6) is 0 Å². The largest absolute Gasteiger partial charge is 0.364 e. The molecule has 6 nitrogen and oxygen atoms in total. The second-order valence-electron chi connectivity index (χ2n) is 5.90. The number of primary amides is 1. The third kappa shape index (κ3) is 4.89. The van der Waals surface area contributed by atoms with Gasteiger partial charge >= 0.3 is 0 Å². The van der Waals surface area contributed by atoms with Crippen LogP contribution in [0.1, 0.15) is 21.6 Å². The summed E-state index contributed by atoms with van der Waals surface area (Å²) in [7, 11) is 0. The van der Waals surface area contributed by atoms with Crippen LogP contribution in [0.4, 0.5) is 20.2 Å². The molecule has 2 amide bonds. The Hall–Kier alpha value is -3.26. The highest BCUT2D eigenvalue weighted by atomic mass is 32.1. The standard InChI is InChI=1S/C19H17FN4O2S/c1-11-2-8-14(9-3-11)22-19-24-16(17(21)26)18(27-19)23-15(25)10-12-4-6-13(20)7-5-12/h2-9H,10H2,1H3,(H2,21,26)(H,22,24)(H,23,25). The summed E-state index contributed by atoms with van der Waals surface area (Å²) >= 11 is 1.11. The minimum atomic E-state index is -0.736. The molecule has 0 aliphatic heterocycles. The minimum absolute atomic E-state index is 0.0120. The van der Waals surface area contributed by atoms with Gasteiger partial charge < -0.3 is 16.4 Å². The molecular weight excluding hydrogens is 367 g/mol. The number of nitrogens with zero attached hydrogens (tertiary/aromatic N) is 1. The fourth-order valence-electron chi connectivity index (χ4n) is 2.34. The number of aromatic nitrogens is 1. The molecule has 138 valence electrons. The summed E-state index contributed by atoms with van der Waals surface area (Å²) in [6, 6.07) is 13.3. The molecule has 0 aliphatic carbocycles. The van der Waals surface area contributed by atoms with Crippen molar-refractivity contribution in [2.75, 3.05) is 10.6 Å². The predicted molar refractivity (Wildman–Crippen MR) is 104 cm³/mol. The number of nitrogens with one attached hydrogen (secondary N) is 2. The fourth-order valence-corrected chi connectivity index (χ4v) is 3.25. The Labute approximate surface area is 159 Å². The van der Waals surface area contributed by atoms with E-state index in [9.17, 15) is 14.0 Å². The van der Waals surface area contributed by atoms with Crippen molar-refractivity contribution in [2.24, 2.45) is 5.73 Å². The number of thiazole rings is 1. The van der Waals surface area contributed by atoms with E-state index in [-0.39, 0.29) is 28.8 Å². The normalized spacial score (nSPS) is 10.4. The topological polar surface area (TPSA) is 97.1 Å². The molecule has 0 spiro atoms. The maximum atomic E-state index is 13.0. The number of hydrogen-bond donors (Lipinski definition) is 3. The first kappa shape index (κ1) is 18.5. The summed E-state index contributed by atoms with van der Waals surface area (Å²) in [6.45, 7) is 1.98. The van der Waals surface area contributed by atoms with E-state index in [4.69, 9.17) is 5.73 Å². The number of halogens is 1. The lowest BCUT2D eigenvalue weighted by Crippen LogP contribution is -2.18. The van der Waals surface area contributed by atoms with E-state index in [0.717, 1.165) is 22.6 Å². The average molecular weight is 384 g/mol. The molecule has 2 aromatic carbocycles. The fraction of sp³-hybridized carbons (Fsp3) is 0.105. The summed E-state index contributed by atoms with van der Waals surface area (Å²) in [6.07, 6.45) is 0.0388. The van der Waals surface area contributed by atoms with Crippen LogP contribution in [0, 0.1) is 12.7 Å². The van der Waals surface area contributed by atoms with Crippen LogP contribution in [-0.4, -0.2) is 16.8 Å². The van der Waals surface area contributed by atoms with E-state index in [1.807, 2.05) is 31.2 Å². The number of rotatable bonds is 6. The zero-order valence-electron chi connectivity index (χ0n) is 14.5. The van der Waals surface area contributed by atoms with Crippen LogP contribution in [0.25, 0.3) is 0 Å². The molecule has 0 bridgehead atoms. The van der Waals surface area contributed by atoms with Gasteiger partial charge in [-0.3, -0.25) is 9.59 Å². The highest BCUT2D eigenvalue weighted by Crippen LogP contribution is 2.30. The number of carbonyl (C=O) groups excluding carboxylic acids is 2. The van der Waals surface area contributed by atoms with Crippen molar-refractivity contribution in [2.45, 2.75) is 13.3 Å². The van der Waals surface area contributed by atoms with E-state index >= 15 is 0 Å². The van der Waals surface area contributed by atoms with Crippen LogP contribution in [0.15, 0.2) is 48.5 Å². The van der Waals surface area contributed by atoms with E-state index in [2.05, 4.69) is 15.6 Å². The molecule has 8 heteroatoms. The molecule has 0 saturated carbocycles. The van der Waals surface area contributed by atoms with E-state index in [1.165, 1.54) is 24.3 Å². The zero-order chi connectivity index (χ0) is 19.4. The molecule has 0 unspecified atom stereocenters. The van der Waals surface area contributed by atoms with Crippen LogP contribution in [0.2, 0.25) is 0 Å². The number of hydrogen-bond acceptors (Lipinski definition) is 5. The van der Waals surface area contributed by atoms with Gasteiger partial charge in [0, 0.05) is 5.69 Å². The van der Waals surface area contributed by atoms with Crippen molar-refractivity contribution in [1.29, 1.82) is 0 Å². The SMILES string of the molecule is Cc1ccc(Nc2nc(C(N)=O)c(NC(=O)Cc3ccc(F)cc3)s2)cc1. The first-order valence-electron chi connectivity index (χ1n) is 8.09. The quantitative estimate of drug-likeness (QED) is 0.605. The van der Waals surface area contributed by atoms with Gasteiger partial charge in [0.1, 0.15) is 10.8 Å². The molecule has 3 rings (SSSR count). The van der Waals surface area contributed by atoms with Crippen molar-refractivity contribution in [3.63, 3.8) is 0 Å². The average Bonchev–Trinajstić information content (AvgIpc) is 3.01. The van der Waals surface area contributed by atoms with E-state index in [0.29, 0.717) is 10.7 Å². The van der Waals surface area contributed by atoms with Gasteiger partial charge in [-0.2, -0.15) is 0 Å². The number of amides is 2. The molecule has 27 heavy (non-hydrogen) atoms. The summed E-state index contributed by atoms with van der Waals surface area (Å²) < 4.78 is 13.0. The van der Waals surface area contributed by atoms with Gasteiger partial charge in [-0.25, -0.2) is 9.37 Å². The summed E-state index contributed by atoms with van der Waals surface area (Å²) in [4.78, 5) is 28.1. The smallest absolute Gasteiger partial charge is 0.270 e. The molecule has 0 atom stereocenters. The zero-order valence-corrected chi connectivity index (χ0v) is 15.3. The van der Waals surface area contributed by atoms with Crippen LogP contribution in [-0.2, 0) is 11.2 Å². The van der Waals surface area contributed by atoms with Crippen molar-refractivity contribution in [3.8, 4) is 0 Å². The molecule has 3 aromatic rings. The monoisotopic (exact) mass is 384 g/mol. The van der Waals surface area contributed by atoms with Gasteiger partial charge in [0.2, 0.25) is 5.91 Å². The van der Waals surface area contributed by atoms with Gasteiger partial charge in [-0.05, 0) is 36.8 Å². The number of nitrogens with two attached hydrogens (primary N) is 1. The van der Waals surface area contributed by atoms with Crippen LogP contribution in [0.3, 0.4) is 0 Å². The first-order chi connectivity index (χ1) is 12.9. The Morgan fingerprint density at radius 3 is 2.41 bits per heavy atom. The molecule has 0 radical (unpaired) electrons. The van der Waals surface area contributed by atoms with E-state index in [1.54, 1.807) is 0 Å². The molecule has 0 fully saturated rings. The van der Waals surface area contributed by atoms with Crippen molar-refractivity contribution in [3.05, 3.63) is 71.2 Å². The Kier molecular flexibility index (Phi) is 5.46. The Balaban J connectivity index is 1.74. The molecule has 1 aromatic heterocycles. The third-order valence-electron chi connectivity index (χ3n) is 3.69. The first-order valence-corrected chi connectivity index (χ1v) is 8.91. The summed E-state index contributed by atoms with van der Waals surface area (Å²) in [5.74, 6) is -1.46. The number of benzene rings is 2. The number of anilines is 3. The van der Waals surface area contributed by atoms with Gasteiger partial charge in [0.05, 0.1) is 6.42 Å². The van der Waals surface area contributed by atoms with E-state index < -0.39 is 5.91 Å². The lowest BCUT2D eigenvalue weighted by molar-refractivity contribution is -0.115. The minimum Gasteiger partial charge on any atom is -0.364 e. The molecular formula is C19H17FN4O2S. The Morgan fingerprint density at radius 1 is 1.11 bits per heavy atom. The van der Waals surface area contributed by atoms with Crippen LogP contribution < -0.4 is 16.4 Å². The number of carbonyl (C=O) groups is 2. The lowest BCUT2D eigenvalue weighted by Gasteiger charge is -2.04. The van der Waals surface area contributed by atoms with Gasteiger partial charge in [0.15, 0.2) is 10.8 Å². The van der Waals surface area contributed by atoms with Gasteiger partial charge in [-0.15, -0.1) is 0 Å². The van der Waals surface area contributed by atoms with Gasteiger partial charge in [-0.1, -0.05) is 41.2 Å². The van der Waals surface area contributed by atoms with Crippen molar-refractivity contribution < 1.29 is 14.0 Å². The lowest BCUT2D eigenvalue weighted by atomic mass is 10.1. The second kappa shape index (κ2) is 7.96. The summed E-state index contributed by atoms with van der Waals surface area (Å²) in [5, 5.41) is 6.44. The maximum Gasteiger partial charge on any atom is 0.270 e. The Morgan fingerprint density at radius 2 is 1.78 bits per heavy atom. The predicted octanol–water partition coefficient (Wildman–Crippen LogP) is 3.61. The molecule has 0 aliphatic rings. The number of aryl methyl sites for hydroxylation is 1. The van der Waals surface area contributed by atoms with Crippen LogP contribution >= 0.6 is 11.3 Å². The van der Waals surface area contributed by atoms with Crippen molar-refractivity contribution >= 4 is 39.0 Å². The Bertz CT molecular complexity index is 968. The molecule has 0 saturated heterocycles. The van der Waals surface area contributed by atoms with Crippen molar-refractivity contribution in [1.82, 2.24) is 4.98 Å². The highest BCUT2D eigenvalue weighted by molar-refractivity contribution is 7.20. The summed E-state index contributed by atoms with van der Waals surface area (Å²) in [5.41, 5.74) is 7.93. The molecule has 1 heterocycles. The molecule has 4 N–H and O–H groups in total. The second-order valence-corrected chi connectivity index (χ2v) is 6.90. The highest BCUT2D eigenvalue weighted by Gasteiger charge is 2.18. The third-order valence-corrected chi connectivity index (χ3v) is 4.58. The van der Waals surface area contributed by atoms with Gasteiger partial charge in [0.25, 0.3) is 5.91 Å². The maximum absolute atomic E-state index is 13.0.